The van der Waals surface area contributed by atoms with E-state index >= 15 is 0 Å². The monoisotopic (exact) mass is 161 g/mol. The summed E-state index contributed by atoms with van der Waals surface area (Å²) in [5.74, 6) is 0.880. The Morgan fingerprint density at radius 2 is 1.40 bits per heavy atom. The molecular formula is C9H22P+. The second-order valence-electron chi connectivity index (χ2n) is 4.45. The molecule has 0 amide bonds. The van der Waals surface area contributed by atoms with E-state index in [-0.39, 0.29) is 0 Å². The topological polar surface area (TPSA) is 0 Å². The summed E-state index contributed by atoms with van der Waals surface area (Å²) in [6.45, 7) is 14.3. The van der Waals surface area contributed by atoms with E-state index < -0.39 is 7.26 Å². The standard InChI is InChI=1S/C9H22P/c1-8(2)7-10(5,6)9(3)4/h8-9H,7H2,1-6H3/q+1. The quantitative estimate of drug-likeness (QED) is 0.557. The van der Waals surface area contributed by atoms with Gasteiger partial charge in [0, 0.05) is 20.6 Å². The molecule has 0 saturated heterocycles. The zero-order valence-electron chi connectivity index (χ0n) is 8.31. The fraction of sp³-hybridized carbons (Fsp3) is 1.00. The van der Waals surface area contributed by atoms with Gasteiger partial charge in [-0.2, -0.15) is 0 Å². The normalized spacial score (nSPS) is 13.2. The van der Waals surface area contributed by atoms with Gasteiger partial charge in [-0.15, -0.1) is 0 Å². The van der Waals surface area contributed by atoms with Gasteiger partial charge in [-0.25, -0.2) is 0 Å². The maximum Gasteiger partial charge on any atom is 0.0636 e. The Hall–Kier alpha value is 0.430. The largest absolute Gasteiger partial charge is 0.0636 e. The number of hydrogen-bond acceptors (Lipinski definition) is 0. The van der Waals surface area contributed by atoms with Crippen LogP contribution in [0.15, 0.2) is 0 Å². The average Bonchev–Trinajstić information content (AvgIpc) is 1.60. The molecule has 0 spiro atoms. The summed E-state index contributed by atoms with van der Waals surface area (Å²) in [5.41, 5.74) is 0.912. The van der Waals surface area contributed by atoms with E-state index in [1.165, 1.54) is 6.16 Å². The first kappa shape index (κ1) is 10.4. The van der Waals surface area contributed by atoms with Crippen LogP contribution in [0.4, 0.5) is 0 Å². The van der Waals surface area contributed by atoms with Gasteiger partial charge in [0.05, 0.1) is 11.8 Å². The molecule has 0 saturated carbocycles. The molecule has 0 aliphatic carbocycles. The van der Waals surface area contributed by atoms with Crippen LogP contribution in [-0.2, 0) is 0 Å². The van der Waals surface area contributed by atoms with Gasteiger partial charge in [0.25, 0.3) is 0 Å². The molecule has 0 rings (SSSR count). The van der Waals surface area contributed by atoms with Crippen molar-refractivity contribution in [1.82, 2.24) is 0 Å². The van der Waals surface area contributed by atoms with Crippen LogP contribution in [0.2, 0.25) is 0 Å². The van der Waals surface area contributed by atoms with Crippen molar-refractivity contribution in [2.24, 2.45) is 5.92 Å². The van der Waals surface area contributed by atoms with Gasteiger partial charge in [-0.1, -0.05) is 13.8 Å². The molecule has 0 nitrogen and oxygen atoms in total. The molecule has 0 bridgehead atoms. The molecule has 1 heteroatoms. The van der Waals surface area contributed by atoms with Crippen molar-refractivity contribution in [3.05, 3.63) is 0 Å². The molecule has 0 radical (unpaired) electrons. The molecule has 0 aliphatic rings. The summed E-state index contributed by atoms with van der Waals surface area (Å²) < 4.78 is 0. The summed E-state index contributed by atoms with van der Waals surface area (Å²) in [7, 11) is -0.571. The summed E-state index contributed by atoms with van der Waals surface area (Å²) in [6, 6.07) is 0. The van der Waals surface area contributed by atoms with E-state index in [1.807, 2.05) is 0 Å². The lowest BCUT2D eigenvalue weighted by Gasteiger charge is -2.23. The summed E-state index contributed by atoms with van der Waals surface area (Å²) in [4.78, 5) is 0. The smallest absolute Gasteiger partial charge is 0.0593 e. The van der Waals surface area contributed by atoms with Crippen LogP contribution in [-0.4, -0.2) is 25.2 Å². The van der Waals surface area contributed by atoms with E-state index in [0.29, 0.717) is 0 Å². The van der Waals surface area contributed by atoms with Gasteiger partial charge < -0.3 is 0 Å². The average molecular weight is 161 g/mol. The Balaban J connectivity index is 3.87. The summed E-state index contributed by atoms with van der Waals surface area (Å²) in [6.07, 6.45) is 1.45. The first-order valence-electron chi connectivity index (χ1n) is 4.19. The predicted octanol–water partition coefficient (Wildman–Crippen LogP) is 3.33. The zero-order chi connectivity index (χ0) is 8.36. The molecule has 0 aromatic rings. The SMILES string of the molecule is CC(C)C[P+](C)(C)C(C)C. The highest BCUT2D eigenvalue weighted by molar-refractivity contribution is 7.75. The van der Waals surface area contributed by atoms with Crippen molar-refractivity contribution >= 4 is 7.26 Å². The van der Waals surface area contributed by atoms with Gasteiger partial charge in [-0.3, -0.25) is 0 Å². The second kappa shape index (κ2) is 3.72. The molecule has 0 aromatic heterocycles. The van der Waals surface area contributed by atoms with E-state index in [4.69, 9.17) is 0 Å². The van der Waals surface area contributed by atoms with Gasteiger partial charge in [0.1, 0.15) is 0 Å². The minimum absolute atomic E-state index is 0.571. The predicted molar refractivity (Wildman–Crippen MR) is 53.6 cm³/mol. The van der Waals surface area contributed by atoms with E-state index in [1.54, 1.807) is 0 Å². The fourth-order valence-corrected chi connectivity index (χ4v) is 3.46. The Morgan fingerprint density at radius 1 is 1.00 bits per heavy atom. The molecule has 0 heterocycles. The lowest BCUT2D eigenvalue weighted by Crippen LogP contribution is -2.10. The molecule has 0 atom stereocenters. The van der Waals surface area contributed by atoms with E-state index in [0.717, 1.165) is 11.6 Å². The van der Waals surface area contributed by atoms with Crippen molar-refractivity contribution in [2.75, 3.05) is 19.5 Å². The van der Waals surface area contributed by atoms with Crippen LogP contribution >= 0.6 is 7.26 Å². The molecule has 0 aliphatic heterocycles. The van der Waals surface area contributed by atoms with Crippen molar-refractivity contribution in [3.63, 3.8) is 0 Å². The first-order chi connectivity index (χ1) is 4.36. The van der Waals surface area contributed by atoms with Crippen molar-refractivity contribution in [1.29, 1.82) is 0 Å². The van der Waals surface area contributed by atoms with E-state index in [9.17, 15) is 0 Å². The fourth-order valence-electron chi connectivity index (χ4n) is 1.15. The van der Waals surface area contributed by atoms with E-state index in [2.05, 4.69) is 41.0 Å². The van der Waals surface area contributed by atoms with Gasteiger partial charge in [-0.05, 0) is 19.8 Å². The summed E-state index contributed by atoms with van der Waals surface area (Å²) in [5, 5.41) is 0. The highest BCUT2D eigenvalue weighted by Gasteiger charge is 2.29. The molecule has 62 valence electrons. The highest BCUT2D eigenvalue weighted by atomic mass is 31.2. The maximum absolute atomic E-state index is 2.47. The first-order valence-corrected chi connectivity index (χ1v) is 7.12. The van der Waals surface area contributed by atoms with Crippen LogP contribution in [0.5, 0.6) is 0 Å². The Morgan fingerprint density at radius 3 is 1.50 bits per heavy atom. The molecule has 0 unspecified atom stereocenters. The van der Waals surface area contributed by atoms with Crippen LogP contribution in [0.3, 0.4) is 0 Å². The van der Waals surface area contributed by atoms with Crippen molar-refractivity contribution < 1.29 is 0 Å². The van der Waals surface area contributed by atoms with Gasteiger partial charge in [0.2, 0.25) is 0 Å². The minimum Gasteiger partial charge on any atom is -0.0593 e. The third-order valence-electron chi connectivity index (χ3n) is 2.23. The Kier molecular flexibility index (Phi) is 3.88. The van der Waals surface area contributed by atoms with Crippen LogP contribution in [0.1, 0.15) is 27.7 Å². The van der Waals surface area contributed by atoms with Crippen LogP contribution in [0.25, 0.3) is 0 Å². The Bertz CT molecular complexity index is 92.9. The maximum atomic E-state index is 2.47. The third kappa shape index (κ3) is 3.56. The molecule has 10 heavy (non-hydrogen) atoms. The van der Waals surface area contributed by atoms with Gasteiger partial charge in [0.15, 0.2) is 0 Å². The highest BCUT2D eigenvalue weighted by Crippen LogP contribution is 2.56. The zero-order valence-corrected chi connectivity index (χ0v) is 9.20. The lowest BCUT2D eigenvalue weighted by atomic mass is 10.3. The summed E-state index contributed by atoms with van der Waals surface area (Å²) >= 11 is 0. The lowest BCUT2D eigenvalue weighted by molar-refractivity contribution is 0.737. The van der Waals surface area contributed by atoms with Crippen LogP contribution < -0.4 is 0 Å². The second-order valence-corrected chi connectivity index (χ2v) is 9.40. The van der Waals surface area contributed by atoms with Gasteiger partial charge >= 0.3 is 0 Å². The number of rotatable bonds is 3. The molecule has 0 N–H and O–H groups in total. The molecular weight excluding hydrogens is 139 g/mol. The Labute approximate surface area is 66.7 Å². The molecule has 0 aromatic carbocycles. The van der Waals surface area contributed by atoms with Crippen molar-refractivity contribution in [3.8, 4) is 0 Å². The van der Waals surface area contributed by atoms with Crippen molar-refractivity contribution in [2.45, 2.75) is 33.4 Å². The number of hydrogen-bond donors (Lipinski definition) is 0. The third-order valence-corrected chi connectivity index (χ3v) is 6.70. The van der Waals surface area contributed by atoms with Crippen LogP contribution in [0, 0.1) is 5.92 Å². The minimum atomic E-state index is -0.571. The molecule has 0 fully saturated rings.